The Kier molecular flexibility index (Phi) is 11.5. The monoisotopic (exact) mass is 630 g/mol. The third kappa shape index (κ3) is 8.98. The zero-order chi connectivity index (χ0) is 32.2. The van der Waals surface area contributed by atoms with E-state index in [9.17, 15) is 4.79 Å². The summed E-state index contributed by atoms with van der Waals surface area (Å²) < 4.78 is 21.0. The Morgan fingerprint density at radius 3 is 2.48 bits per heavy atom. The van der Waals surface area contributed by atoms with Crippen LogP contribution in [0.5, 0.6) is 0 Å². The van der Waals surface area contributed by atoms with E-state index in [0.717, 1.165) is 50.9 Å². The Morgan fingerprint density at radius 1 is 1.11 bits per heavy atom. The molecule has 1 spiro atoms. The fraction of sp³-hybridized carbons (Fsp3) is 0.829. The topological polar surface area (TPSA) is 77.9 Å². The number of amides is 1. The van der Waals surface area contributed by atoms with Gasteiger partial charge in [-0.05, 0) is 113 Å². The van der Waals surface area contributed by atoms with Crippen LogP contribution in [0.4, 0.5) is 4.79 Å². The smallest absolute Gasteiger partial charge is 0.410 e. The summed E-state index contributed by atoms with van der Waals surface area (Å²) in [5, 5.41) is 9.01. The van der Waals surface area contributed by atoms with Crippen LogP contribution in [0.3, 0.4) is 0 Å². The minimum Gasteiger partial charge on any atom is -0.444 e. The predicted octanol–water partition coefficient (Wildman–Crippen LogP) is 8.10. The maximum Gasteiger partial charge on any atom is 0.410 e. The molecule has 2 atom stereocenters. The van der Waals surface area contributed by atoms with Crippen molar-refractivity contribution in [3.63, 3.8) is 0 Å². The van der Waals surface area contributed by atoms with Crippen molar-refractivity contribution in [1.29, 1.82) is 0 Å². The van der Waals surface area contributed by atoms with Gasteiger partial charge in [0.05, 0.1) is 11.8 Å². The number of aromatic nitrogens is 2. The second kappa shape index (κ2) is 14.4. The molecule has 1 saturated heterocycles. The normalized spacial score (nSPS) is 23.0. The van der Waals surface area contributed by atoms with E-state index >= 15 is 0 Å². The van der Waals surface area contributed by atoms with Gasteiger partial charge in [-0.3, -0.25) is 0 Å². The van der Waals surface area contributed by atoms with E-state index in [1.54, 1.807) is 11.9 Å². The molecule has 2 heterocycles. The Balaban J connectivity index is 1.49. The lowest BCUT2D eigenvalue weighted by atomic mass is 9.63. The Bertz CT molecular complexity index is 1120. The maximum atomic E-state index is 12.3. The highest BCUT2D eigenvalue weighted by Crippen LogP contribution is 2.53. The number of nitrogens with zero attached hydrogens (tertiary/aromatic N) is 3. The molecular weight excluding hydrogens is 568 g/mol. The molecule has 1 aromatic heterocycles. The van der Waals surface area contributed by atoms with Crippen molar-refractivity contribution in [3.8, 4) is 0 Å². The van der Waals surface area contributed by atoms with Crippen LogP contribution in [0.2, 0.25) is 18.1 Å². The zero-order valence-corrected chi connectivity index (χ0v) is 30.4. The third-order valence-corrected chi connectivity index (χ3v) is 14.8. The van der Waals surface area contributed by atoms with E-state index in [2.05, 4.69) is 56.1 Å². The van der Waals surface area contributed by atoms with Crippen LogP contribution in [0.15, 0.2) is 12.3 Å². The van der Waals surface area contributed by atoms with Crippen LogP contribution in [0, 0.1) is 5.41 Å². The van der Waals surface area contributed by atoms with Crippen LogP contribution in [0.1, 0.15) is 123 Å². The van der Waals surface area contributed by atoms with Gasteiger partial charge in [0.25, 0.3) is 0 Å². The summed E-state index contributed by atoms with van der Waals surface area (Å²) in [6.07, 6.45) is 17.4. The molecule has 4 rings (SSSR count). The number of ether oxygens (including phenoxy) is 2. The van der Waals surface area contributed by atoms with Crippen molar-refractivity contribution in [2.24, 2.45) is 5.41 Å². The van der Waals surface area contributed by atoms with Crippen LogP contribution in [0.25, 0.3) is 5.57 Å². The number of allylic oxidation sites excluding steroid dienone is 1. The molecule has 2 aliphatic carbocycles. The van der Waals surface area contributed by atoms with Gasteiger partial charge >= 0.3 is 6.09 Å². The van der Waals surface area contributed by atoms with E-state index in [1.165, 1.54) is 49.7 Å². The molecule has 0 radical (unpaired) electrons. The molecule has 1 aliphatic heterocycles. The Hall–Kier alpha value is -1.68. The molecule has 0 aromatic carbocycles. The molecule has 3 aliphatic rings. The van der Waals surface area contributed by atoms with Gasteiger partial charge in [0.1, 0.15) is 11.8 Å². The first-order valence-corrected chi connectivity index (χ1v) is 20.2. The molecular formula is C35H62N4O4Si. The Labute approximate surface area is 268 Å². The summed E-state index contributed by atoms with van der Waals surface area (Å²) in [7, 11) is -0.0996. The largest absolute Gasteiger partial charge is 0.444 e. The van der Waals surface area contributed by atoms with Crippen LogP contribution in [-0.4, -0.2) is 74.1 Å². The van der Waals surface area contributed by atoms with Gasteiger partial charge in [-0.15, -0.1) is 0 Å². The van der Waals surface area contributed by atoms with E-state index in [1.807, 2.05) is 20.8 Å². The molecule has 250 valence electrons. The second-order valence-electron chi connectivity index (χ2n) is 16.1. The van der Waals surface area contributed by atoms with Crippen molar-refractivity contribution in [2.75, 3.05) is 33.3 Å². The maximum absolute atomic E-state index is 12.3. The first kappa shape index (κ1) is 35.2. The molecule has 9 heteroatoms. The second-order valence-corrected chi connectivity index (χ2v) is 20.9. The molecule has 1 N–H and O–H groups in total. The first-order valence-electron chi connectivity index (χ1n) is 17.3. The SMILES string of the molecule is CN(CCNCCc1cn(C2CCCCO2)nc1C1=CCC(O[Si](C)(C)C(C)(C)C)C2(CCCCC2)C1)C(=O)OC(C)(C)C. The number of nitrogens with one attached hydrogen (secondary N) is 1. The lowest BCUT2D eigenvalue weighted by Crippen LogP contribution is -2.50. The van der Waals surface area contributed by atoms with Gasteiger partial charge in [0, 0.05) is 32.9 Å². The average Bonchev–Trinajstić information content (AvgIpc) is 3.37. The summed E-state index contributed by atoms with van der Waals surface area (Å²) >= 11 is 0. The molecule has 8 nitrogen and oxygen atoms in total. The first-order chi connectivity index (χ1) is 20.6. The molecule has 0 bridgehead atoms. The van der Waals surface area contributed by atoms with E-state index in [0.29, 0.717) is 19.2 Å². The summed E-state index contributed by atoms with van der Waals surface area (Å²) in [6, 6.07) is 0. The van der Waals surface area contributed by atoms with Gasteiger partial charge < -0.3 is 24.1 Å². The highest BCUT2D eigenvalue weighted by atomic mass is 28.4. The van der Waals surface area contributed by atoms with Crippen molar-refractivity contribution >= 4 is 20.0 Å². The predicted molar refractivity (Wildman–Crippen MR) is 181 cm³/mol. The van der Waals surface area contributed by atoms with Crippen LogP contribution < -0.4 is 5.32 Å². The number of rotatable bonds is 10. The third-order valence-electron chi connectivity index (χ3n) is 10.4. The number of carbonyl (C=O) groups is 1. The molecule has 2 fully saturated rings. The summed E-state index contributed by atoms with van der Waals surface area (Å²) in [5.41, 5.74) is 3.55. The molecule has 44 heavy (non-hydrogen) atoms. The van der Waals surface area contributed by atoms with Crippen molar-refractivity contribution in [1.82, 2.24) is 20.0 Å². The summed E-state index contributed by atoms with van der Waals surface area (Å²) in [6.45, 7) is 20.5. The van der Waals surface area contributed by atoms with Crippen molar-refractivity contribution in [2.45, 2.75) is 148 Å². The van der Waals surface area contributed by atoms with E-state index in [4.69, 9.17) is 19.0 Å². The Morgan fingerprint density at radius 2 is 1.84 bits per heavy atom. The van der Waals surface area contributed by atoms with Gasteiger partial charge in [-0.25, -0.2) is 9.48 Å². The van der Waals surface area contributed by atoms with Gasteiger partial charge in [-0.1, -0.05) is 46.1 Å². The highest BCUT2D eigenvalue weighted by Gasteiger charge is 2.48. The van der Waals surface area contributed by atoms with Crippen LogP contribution in [-0.2, 0) is 20.3 Å². The van der Waals surface area contributed by atoms with Crippen LogP contribution >= 0.6 is 0 Å². The number of hydrogen-bond acceptors (Lipinski definition) is 6. The minimum absolute atomic E-state index is 0.0224. The molecule has 2 unspecified atom stereocenters. The van der Waals surface area contributed by atoms with Gasteiger partial charge in [0.15, 0.2) is 8.32 Å². The number of likely N-dealkylation sites (N-methyl/N-ethyl adjacent to an activating group) is 1. The van der Waals surface area contributed by atoms with Crippen molar-refractivity contribution in [3.05, 3.63) is 23.5 Å². The molecule has 1 saturated carbocycles. The minimum atomic E-state index is -1.89. The number of hydrogen-bond donors (Lipinski definition) is 1. The fourth-order valence-electron chi connectivity index (χ4n) is 6.69. The van der Waals surface area contributed by atoms with E-state index < -0.39 is 13.9 Å². The standard InChI is InChI=1S/C35H62N4O4Si/c1-33(2,3)42-32(40)38(7)23-22-36-21-18-28-26-39(30-15-11-14-24-41-30)37-31(28)27-16-17-29(43-44(8,9)34(4,5)6)35(25-27)19-12-10-13-20-35/h16,26,29-30,36H,10-15,17-25H2,1-9H3. The quantitative estimate of drug-likeness (QED) is 0.208. The molecule has 1 amide bonds. The summed E-state index contributed by atoms with van der Waals surface area (Å²) in [5.74, 6) is 0. The summed E-state index contributed by atoms with van der Waals surface area (Å²) in [4.78, 5) is 14.0. The van der Waals surface area contributed by atoms with Crippen molar-refractivity contribution < 1.29 is 18.7 Å². The lowest BCUT2D eigenvalue weighted by Gasteiger charge is -2.50. The number of carbonyl (C=O) groups excluding carboxylic acids is 1. The fourth-order valence-corrected chi connectivity index (χ4v) is 8.10. The van der Waals surface area contributed by atoms with Gasteiger partial charge in [0.2, 0.25) is 0 Å². The average molecular weight is 631 g/mol. The lowest BCUT2D eigenvalue weighted by molar-refractivity contribution is -0.0396. The molecule has 1 aromatic rings. The zero-order valence-electron chi connectivity index (χ0n) is 29.4. The highest BCUT2D eigenvalue weighted by molar-refractivity contribution is 6.74. The van der Waals surface area contributed by atoms with Gasteiger partial charge in [-0.2, -0.15) is 5.10 Å². The van der Waals surface area contributed by atoms with E-state index in [-0.39, 0.29) is 22.8 Å².